The molecule has 0 bridgehead atoms. The van der Waals surface area contributed by atoms with Crippen molar-refractivity contribution in [1.29, 1.82) is 0 Å². The van der Waals surface area contributed by atoms with Crippen LogP contribution in [0.2, 0.25) is 0 Å². The third-order valence-electron chi connectivity index (χ3n) is 4.63. The molecular formula is C17H25NO. The van der Waals surface area contributed by atoms with Gasteiger partial charge in [-0.15, -0.1) is 0 Å². The first-order valence-corrected chi connectivity index (χ1v) is 7.48. The Morgan fingerprint density at radius 1 is 1.11 bits per heavy atom. The van der Waals surface area contributed by atoms with E-state index in [4.69, 9.17) is 2.74 Å². The minimum atomic E-state index is -0.658. The van der Waals surface area contributed by atoms with Crippen molar-refractivity contribution in [2.75, 3.05) is 13.1 Å². The van der Waals surface area contributed by atoms with Crippen LogP contribution >= 0.6 is 0 Å². The molecule has 0 spiro atoms. The molecule has 0 radical (unpaired) electrons. The summed E-state index contributed by atoms with van der Waals surface area (Å²) in [6, 6.07) is 10.8. The van der Waals surface area contributed by atoms with E-state index in [-0.39, 0.29) is 6.04 Å². The monoisotopic (exact) mass is 263 g/mol. The normalized spacial score (nSPS) is 39.6. The zero-order valence-electron chi connectivity index (χ0n) is 13.4. The summed E-state index contributed by atoms with van der Waals surface area (Å²) >= 11 is 0. The van der Waals surface area contributed by atoms with Crippen molar-refractivity contribution in [1.82, 2.24) is 4.90 Å². The quantitative estimate of drug-likeness (QED) is 0.886. The molecule has 3 rings (SSSR count). The van der Waals surface area contributed by atoms with E-state index in [0.29, 0.717) is 5.92 Å². The van der Waals surface area contributed by atoms with E-state index in [0.717, 1.165) is 38.8 Å². The van der Waals surface area contributed by atoms with Crippen LogP contribution in [0.1, 0.15) is 52.7 Å². The Hall–Kier alpha value is -0.860. The molecule has 2 aliphatic rings. The van der Waals surface area contributed by atoms with Gasteiger partial charge in [0.15, 0.2) is 0 Å². The van der Waals surface area contributed by atoms with Crippen molar-refractivity contribution < 1.29 is 7.85 Å². The van der Waals surface area contributed by atoms with Gasteiger partial charge in [-0.1, -0.05) is 43.1 Å². The maximum Gasteiger partial charge on any atom is 0.0695 e. The molecule has 2 nitrogen and oxygen atoms in total. The van der Waals surface area contributed by atoms with E-state index in [1.165, 1.54) is 5.56 Å². The molecule has 1 aliphatic heterocycles. The molecule has 4 atom stereocenters. The van der Waals surface area contributed by atoms with Crippen LogP contribution in [-0.4, -0.2) is 35.2 Å². The molecule has 1 aromatic carbocycles. The van der Waals surface area contributed by atoms with Gasteiger partial charge in [0.25, 0.3) is 0 Å². The SMILES string of the molecule is [3H]C1CC[C@@H](N2CCC(c3ccccc3)CC2)[C@H](O)C1[3H]. The number of aliphatic hydroxyl groups excluding tert-OH is 1. The fourth-order valence-electron chi connectivity index (χ4n) is 3.49. The molecule has 1 saturated heterocycles. The van der Waals surface area contributed by atoms with Crippen molar-refractivity contribution >= 4 is 0 Å². The van der Waals surface area contributed by atoms with Crippen molar-refractivity contribution in [2.24, 2.45) is 0 Å². The second kappa shape index (κ2) is 6.06. The number of aliphatic hydroxyl groups is 1. The Morgan fingerprint density at radius 2 is 1.84 bits per heavy atom. The second-order valence-electron chi connectivity index (χ2n) is 5.78. The van der Waals surface area contributed by atoms with E-state index in [1.54, 1.807) is 0 Å². The molecule has 19 heavy (non-hydrogen) atoms. The summed E-state index contributed by atoms with van der Waals surface area (Å²) in [5.41, 5.74) is 1.42. The van der Waals surface area contributed by atoms with Crippen molar-refractivity contribution in [2.45, 2.75) is 56.5 Å². The highest BCUT2D eigenvalue weighted by atomic mass is 16.3. The second-order valence-corrected chi connectivity index (χ2v) is 5.78. The number of nitrogens with zero attached hydrogens (tertiary/aromatic N) is 1. The predicted octanol–water partition coefficient (Wildman–Crippen LogP) is 3.17. The van der Waals surface area contributed by atoms with Crippen LogP contribution < -0.4 is 0 Å². The summed E-state index contributed by atoms with van der Waals surface area (Å²) in [7, 11) is 0. The Balaban J connectivity index is 1.58. The molecule has 1 N–H and O–H groups in total. The van der Waals surface area contributed by atoms with Gasteiger partial charge in [-0.2, -0.15) is 0 Å². The first-order chi connectivity index (χ1) is 10.2. The minimum Gasteiger partial charge on any atom is -0.391 e. The molecule has 104 valence electrons. The van der Waals surface area contributed by atoms with Gasteiger partial charge in [0.1, 0.15) is 0 Å². The van der Waals surface area contributed by atoms with Gasteiger partial charge in [0.2, 0.25) is 0 Å². The van der Waals surface area contributed by atoms with Gasteiger partial charge in [-0.25, -0.2) is 0 Å². The predicted molar refractivity (Wildman–Crippen MR) is 78.3 cm³/mol. The lowest BCUT2D eigenvalue weighted by Gasteiger charge is -2.41. The lowest BCUT2D eigenvalue weighted by Crippen LogP contribution is -2.48. The van der Waals surface area contributed by atoms with Crippen LogP contribution in [0.3, 0.4) is 0 Å². The van der Waals surface area contributed by atoms with Gasteiger partial charge < -0.3 is 5.11 Å². The van der Waals surface area contributed by atoms with Crippen LogP contribution in [0, 0.1) is 0 Å². The summed E-state index contributed by atoms with van der Waals surface area (Å²) in [6.07, 6.45) is 2.14. The maximum absolute atomic E-state index is 10.3. The Morgan fingerprint density at radius 3 is 2.58 bits per heavy atom. The molecule has 2 heteroatoms. The molecule has 2 fully saturated rings. The van der Waals surface area contributed by atoms with Gasteiger partial charge in [0.05, 0.1) is 6.10 Å². The fourth-order valence-corrected chi connectivity index (χ4v) is 3.49. The summed E-state index contributed by atoms with van der Waals surface area (Å²) in [4.78, 5) is 2.36. The van der Waals surface area contributed by atoms with Crippen molar-refractivity contribution in [3.05, 3.63) is 35.9 Å². The maximum atomic E-state index is 10.3. The van der Waals surface area contributed by atoms with E-state index in [1.807, 2.05) is 0 Å². The van der Waals surface area contributed by atoms with Gasteiger partial charge in [0, 0.05) is 8.78 Å². The fraction of sp³-hybridized carbons (Fsp3) is 0.647. The average molecular weight is 263 g/mol. The zero-order valence-corrected chi connectivity index (χ0v) is 11.4. The summed E-state index contributed by atoms with van der Waals surface area (Å²) in [5, 5.41) is 10.3. The molecule has 1 heterocycles. The molecule has 2 unspecified atom stereocenters. The number of benzene rings is 1. The van der Waals surface area contributed by atoms with Crippen molar-refractivity contribution in [3.63, 3.8) is 0 Å². The Bertz CT molecular complexity index is 447. The topological polar surface area (TPSA) is 23.5 Å². The highest BCUT2D eigenvalue weighted by molar-refractivity contribution is 5.20. The van der Waals surface area contributed by atoms with Gasteiger partial charge >= 0.3 is 0 Å². The lowest BCUT2D eigenvalue weighted by atomic mass is 9.86. The minimum absolute atomic E-state index is 0.0887. The van der Waals surface area contributed by atoms with Crippen LogP contribution in [-0.2, 0) is 0 Å². The molecule has 1 saturated carbocycles. The van der Waals surface area contributed by atoms with Crippen LogP contribution in [0.15, 0.2) is 30.3 Å². The van der Waals surface area contributed by atoms with E-state index in [9.17, 15) is 5.11 Å². The standard InChI is InChI=1S/C17H25NO/c19-17-9-5-4-8-16(17)18-12-10-15(11-13-18)14-6-2-1-3-7-14/h1-3,6-7,15-17,19H,4-5,8-13H2/t16-,17-/m1/s1/i5T,9T/t5?,9?,16-,17-. The van der Waals surface area contributed by atoms with E-state index in [2.05, 4.69) is 35.2 Å². The number of likely N-dealkylation sites (tertiary alicyclic amines) is 1. The number of rotatable bonds is 2. The lowest BCUT2D eigenvalue weighted by molar-refractivity contribution is 0.00871. The molecule has 0 aromatic heterocycles. The van der Waals surface area contributed by atoms with Crippen LogP contribution in [0.25, 0.3) is 0 Å². The molecule has 0 amide bonds. The largest absolute Gasteiger partial charge is 0.391 e. The molecule has 1 aliphatic carbocycles. The van der Waals surface area contributed by atoms with Gasteiger partial charge in [-0.3, -0.25) is 4.90 Å². The average Bonchev–Trinajstić information content (AvgIpc) is 2.54. The Kier molecular flexibility index (Phi) is 3.47. The van der Waals surface area contributed by atoms with E-state index < -0.39 is 18.9 Å². The smallest absolute Gasteiger partial charge is 0.0695 e. The third kappa shape index (κ3) is 3.01. The van der Waals surface area contributed by atoms with Crippen LogP contribution in [0.5, 0.6) is 0 Å². The number of piperidine rings is 1. The Labute approximate surface area is 119 Å². The summed E-state index contributed by atoms with van der Waals surface area (Å²) < 4.78 is 15.7. The van der Waals surface area contributed by atoms with Crippen molar-refractivity contribution in [3.8, 4) is 0 Å². The van der Waals surface area contributed by atoms with E-state index >= 15 is 0 Å². The highest BCUT2D eigenvalue weighted by Crippen LogP contribution is 2.31. The summed E-state index contributed by atoms with van der Waals surface area (Å²) in [6.45, 7) is 1.99. The first-order valence-electron chi connectivity index (χ1n) is 8.64. The third-order valence-corrected chi connectivity index (χ3v) is 4.63. The van der Waals surface area contributed by atoms with Gasteiger partial charge in [-0.05, 0) is 50.2 Å². The number of hydrogen-bond acceptors (Lipinski definition) is 2. The summed E-state index contributed by atoms with van der Waals surface area (Å²) in [5.74, 6) is 0.624. The first kappa shape index (κ1) is 10.9. The molecular weight excluding hydrogens is 234 g/mol. The highest BCUT2D eigenvalue weighted by Gasteiger charge is 2.31. The number of hydrogen-bond donors (Lipinski definition) is 1. The van der Waals surface area contributed by atoms with Crippen LogP contribution in [0.4, 0.5) is 0 Å². The zero-order chi connectivity index (χ0) is 14.8. The molecule has 1 aromatic rings.